The molecule has 0 N–H and O–H groups in total. The van der Waals surface area contributed by atoms with Gasteiger partial charge in [-0.1, -0.05) is 25.3 Å². The minimum Gasteiger partial charge on any atom is -0.453 e. The van der Waals surface area contributed by atoms with Gasteiger partial charge in [0.15, 0.2) is 0 Å². The highest BCUT2D eigenvalue weighted by Gasteiger charge is 2.25. The third kappa shape index (κ3) is 6.91. The number of hydrogen-bond donors (Lipinski definition) is 0. The molecule has 0 spiro atoms. The molecular formula is C11H20BF2N3. The number of rotatable bonds is 3. The topological polar surface area (TPSA) is 47.6 Å². The largest absolute Gasteiger partial charge is 0.504 e. The van der Waals surface area contributed by atoms with Crippen molar-refractivity contribution < 1.29 is 13.1 Å². The van der Waals surface area contributed by atoms with Gasteiger partial charge in [-0.3, -0.25) is 0 Å². The monoisotopic (exact) mass is 243 g/mol. The quantitative estimate of drug-likeness (QED) is 0.564. The molecule has 0 amide bonds. The van der Waals surface area contributed by atoms with Crippen LogP contribution in [-0.4, -0.2) is 37.9 Å². The lowest BCUT2D eigenvalue weighted by atomic mass is 9.70. The van der Waals surface area contributed by atoms with Gasteiger partial charge in [-0.25, -0.2) is 10.5 Å². The van der Waals surface area contributed by atoms with E-state index in [4.69, 9.17) is 10.5 Å². The van der Waals surface area contributed by atoms with Gasteiger partial charge in [-0.2, -0.15) is 0 Å². The molecule has 0 unspecified atom stereocenters. The van der Waals surface area contributed by atoms with Crippen LogP contribution in [0, 0.1) is 22.5 Å². The molecule has 17 heavy (non-hydrogen) atoms. The van der Waals surface area contributed by atoms with Crippen molar-refractivity contribution in [2.75, 3.05) is 26.7 Å². The number of halogens is 2. The van der Waals surface area contributed by atoms with E-state index in [0.29, 0.717) is 11.9 Å². The molecule has 0 aromatic rings. The van der Waals surface area contributed by atoms with E-state index in [1.807, 2.05) is 0 Å². The Kier molecular flexibility index (Phi) is 6.76. The Morgan fingerprint density at radius 3 is 1.94 bits per heavy atom. The smallest absolute Gasteiger partial charge is 0.453 e. The Balaban J connectivity index is 0.000000325. The van der Waals surface area contributed by atoms with Gasteiger partial charge in [0.2, 0.25) is 0 Å². The minimum absolute atomic E-state index is 0.559. The van der Waals surface area contributed by atoms with E-state index in [1.54, 1.807) is 0 Å². The van der Waals surface area contributed by atoms with Crippen LogP contribution < -0.4 is 0 Å². The van der Waals surface area contributed by atoms with E-state index in [0.717, 1.165) is 0 Å². The molecule has 1 saturated heterocycles. The van der Waals surface area contributed by atoms with E-state index in [1.165, 1.54) is 49.8 Å². The summed E-state index contributed by atoms with van der Waals surface area (Å²) in [5, 5.41) is 14.8. The second-order valence-corrected chi connectivity index (χ2v) is 4.77. The van der Waals surface area contributed by atoms with Gasteiger partial charge in [-0.15, -0.1) is 0 Å². The van der Waals surface area contributed by atoms with Crippen LogP contribution in [0.1, 0.15) is 32.6 Å². The predicted octanol–water partition coefficient (Wildman–Crippen LogP) is 2.52. The minimum atomic E-state index is -4.36. The van der Waals surface area contributed by atoms with E-state index in [-0.39, 0.29) is 0 Å². The van der Waals surface area contributed by atoms with E-state index in [9.17, 15) is 8.63 Å². The third-order valence-corrected chi connectivity index (χ3v) is 3.02. The number of hydrogen-bond acceptors (Lipinski definition) is 2. The first-order valence-electron chi connectivity index (χ1n) is 6.06. The van der Waals surface area contributed by atoms with E-state index >= 15 is 0 Å². The first-order chi connectivity index (χ1) is 7.89. The summed E-state index contributed by atoms with van der Waals surface area (Å²) in [7, 11) is 2.41. The Morgan fingerprint density at radius 1 is 1.18 bits per heavy atom. The summed E-state index contributed by atoms with van der Waals surface area (Å²) < 4.78 is 23.8. The summed E-state index contributed by atoms with van der Waals surface area (Å²) in [6.07, 6.45) is 5.69. The number of quaternary nitrogens is 1. The van der Waals surface area contributed by atoms with Crippen LogP contribution in [0.2, 0.25) is 0 Å². The second-order valence-electron chi connectivity index (χ2n) is 4.77. The van der Waals surface area contributed by atoms with Crippen LogP contribution in [0.25, 0.3) is 0 Å². The van der Waals surface area contributed by atoms with Gasteiger partial charge in [0.05, 0.1) is 26.7 Å². The molecule has 0 aromatic heterocycles. The number of nitriles is 2. The van der Waals surface area contributed by atoms with Crippen LogP contribution >= 0.6 is 0 Å². The highest BCUT2D eigenvalue weighted by Crippen LogP contribution is 2.16. The zero-order valence-corrected chi connectivity index (χ0v) is 10.6. The average Bonchev–Trinajstić information content (AvgIpc) is 2.75. The van der Waals surface area contributed by atoms with Crippen LogP contribution in [0.3, 0.4) is 0 Å². The van der Waals surface area contributed by atoms with Gasteiger partial charge in [0.25, 0.3) is 0 Å². The molecular weight excluding hydrogens is 223 g/mol. The first kappa shape index (κ1) is 15.9. The van der Waals surface area contributed by atoms with Gasteiger partial charge in [-0.05, 0) is 6.42 Å². The summed E-state index contributed by atoms with van der Waals surface area (Å²) in [5.41, 5.74) is 0. The molecule has 96 valence electrons. The Hall–Kier alpha value is -1.14. The highest BCUT2D eigenvalue weighted by atomic mass is 19.2. The van der Waals surface area contributed by atoms with Crippen molar-refractivity contribution >= 4 is 6.70 Å². The Bertz CT molecular complexity index is 285. The van der Waals surface area contributed by atoms with Gasteiger partial charge < -0.3 is 13.1 Å². The predicted molar refractivity (Wildman–Crippen MR) is 64.1 cm³/mol. The lowest BCUT2D eigenvalue weighted by molar-refractivity contribution is -0.897. The first-order valence-corrected chi connectivity index (χ1v) is 6.06. The lowest BCUT2D eigenvalue weighted by Crippen LogP contribution is -2.41. The van der Waals surface area contributed by atoms with E-state index in [2.05, 4.69) is 14.0 Å². The molecule has 0 aromatic carbocycles. The van der Waals surface area contributed by atoms with Gasteiger partial charge in [0, 0.05) is 12.8 Å². The molecule has 3 nitrogen and oxygen atoms in total. The van der Waals surface area contributed by atoms with Crippen molar-refractivity contribution in [2.24, 2.45) is 0 Å². The lowest BCUT2D eigenvalue weighted by Gasteiger charge is -2.28. The van der Waals surface area contributed by atoms with Gasteiger partial charge >= 0.3 is 6.70 Å². The molecule has 1 rings (SSSR count). The molecule has 1 aliphatic rings. The molecule has 0 bridgehead atoms. The summed E-state index contributed by atoms with van der Waals surface area (Å²) in [6.45, 7) is 2.19. The van der Waals surface area contributed by atoms with Crippen molar-refractivity contribution in [1.82, 2.24) is 0 Å². The van der Waals surface area contributed by atoms with Crippen molar-refractivity contribution in [1.29, 1.82) is 10.5 Å². The van der Waals surface area contributed by atoms with Crippen molar-refractivity contribution in [3.05, 3.63) is 0 Å². The molecule has 1 aliphatic heterocycles. The Morgan fingerprint density at radius 2 is 1.65 bits per heavy atom. The number of unbranched alkanes of at least 4 members (excludes halogenated alkanes) is 1. The maximum Gasteiger partial charge on any atom is 0.504 e. The molecule has 6 heteroatoms. The molecule has 0 atom stereocenters. The molecule has 0 saturated carbocycles. The molecule has 0 aliphatic carbocycles. The van der Waals surface area contributed by atoms with Crippen LogP contribution in [-0.2, 0) is 0 Å². The van der Waals surface area contributed by atoms with E-state index < -0.39 is 6.70 Å². The summed E-state index contributed by atoms with van der Waals surface area (Å²) in [4.78, 5) is 0. The number of nitrogens with zero attached hydrogens (tertiary/aromatic N) is 3. The summed E-state index contributed by atoms with van der Waals surface area (Å²) in [5.74, 6) is 1.12. The number of likely N-dealkylation sites (tertiary alicyclic amines) is 1. The standard InChI is InChI=1S/C9H20N.C2BF2N2/c1-3-4-7-10(2)8-5-6-9-10;4-3(5,1-6)2-7/h3-9H2,1-2H3;/q+1;-1. The molecule has 1 fully saturated rings. The van der Waals surface area contributed by atoms with Gasteiger partial charge in [0.1, 0.15) is 0 Å². The second kappa shape index (κ2) is 7.24. The fourth-order valence-corrected chi connectivity index (χ4v) is 1.89. The summed E-state index contributed by atoms with van der Waals surface area (Å²) in [6, 6.07) is 0. The fourth-order valence-electron chi connectivity index (χ4n) is 1.89. The van der Waals surface area contributed by atoms with Crippen LogP contribution in [0.15, 0.2) is 0 Å². The Labute approximate surface area is 102 Å². The van der Waals surface area contributed by atoms with Crippen molar-refractivity contribution in [3.8, 4) is 11.9 Å². The summed E-state index contributed by atoms with van der Waals surface area (Å²) >= 11 is 0. The maximum absolute atomic E-state index is 11.2. The maximum atomic E-state index is 11.2. The average molecular weight is 243 g/mol. The zero-order chi connectivity index (χ0) is 13.4. The molecule has 0 radical (unpaired) electrons. The fraction of sp³-hybridized carbons (Fsp3) is 0.818. The zero-order valence-electron chi connectivity index (χ0n) is 10.6. The SMILES string of the molecule is CCCC[N+]1(C)CCCC1.N#C[B-](F)(F)C#N. The van der Waals surface area contributed by atoms with Crippen molar-refractivity contribution in [2.45, 2.75) is 32.6 Å². The van der Waals surface area contributed by atoms with Crippen molar-refractivity contribution in [3.63, 3.8) is 0 Å². The molecule has 1 heterocycles. The normalized spacial score (nSPS) is 17.5. The van der Waals surface area contributed by atoms with Crippen LogP contribution in [0.4, 0.5) is 8.63 Å². The third-order valence-electron chi connectivity index (χ3n) is 3.02. The van der Waals surface area contributed by atoms with Crippen LogP contribution in [0.5, 0.6) is 0 Å². The highest BCUT2D eigenvalue weighted by molar-refractivity contribution is 6.81.